The van der Waals surface area contributed by atoms with Gasteiger partial charge in [-0.25, -0.2) is 8.78 Å². The first-order chi connectivity index (χ1) is 18.5. The Hall–Kier alpha value is -2.91. The zero-order valence-electron chi connectivity index (χ0n) is 22.4. The normalized spacial score (nSPS) is 21.2. The molecule has 2 fully saturated rings. The van der Waals surface area contributed by atoms with Gasteiger partial charge in [-0.3, -0.25) is 9.59 Å². The van der Waals surface area contributed by atoms with Crippen molar-refractivity contribution in [3.05, 3.63) is 58.6 Å². The molecule has 4 rings (SSSR count). The largest absolute Gasteiger partial charge is 0.497 e. The maximum Gasteiger partial charge on any atom is 0.280 e. The van der Waals surface area contributed by atoms with Gasteiger partial charge in [0.25, 0.3) is 18.2 Å². The van der Waals surface area contributed by atoms with Crippen LogP contribution in [0.3, 0.4) is 0 Å². The van der Waals surface area contributed by atoms with Gasteiger partial charge in [0.2, 0.25) is 5.60 Å². The molecule has 7 nitrogen and oxygen atoms in total. The highest BCUT2D eigenvalue weighted by Crippen LogP contribution is 2.40. The van der Waals surface area contributed by atoms with Crippen LogP contribution in [0, 0.1) is 11.8 Å². The van der Waals surface area contributed by atoms with Crippen molar-refractivity contribution in [2.75, 3.05) is 34.3 Å². The summed E-state index contributed by atoms with van der Waals surface area (Å²) in [6, 6.07) is 10.7. The molecule has 1 N–H and O–H groups in total. The molecule has 1 saturated carbocycles. The fourth-order valence-electron chi connectivity index (χ4n) is 5.43. The molecule has 0 bridgehead atoms. The number of hydrogen-bond acceptors (Lipinski definition) is 5. The van der Waals surface area contributed by atoms with E-state index in [0.29, 0.717) is 59.9 Å². The van der Waals surface area contributed by atoms with Crippen molar-refractivity contribution in [1.29, 1.82) is 0 Å². The number of aliphatic hydroxyl groups is 1. The Labute approximate surface area is 232 Å². The van der Waals surface area contributed by atoms with Crippen LogP contribution >= 0.6 is 11.6 Å². The van der Waals surface area contributed by atoms with E-state index in [2.05, 4.69) is 0 Å². The average molecular weight is 565 g/mol. The van der Waals surface area contributed by atoms with Gasteiger partial charge in [0.1, 0.15) is 11.5 Å². The van der Waals surface area contributed by atoms with Crippen LogP contribution in [0.1, 0.15) is 48.0 Å². The van der Waals surface area contributed by atoms with Gasteiger partial charge in [-0.1, -0.05) is 23.7 Å². The highest BCUT2D eigenvalue weighted by atomic mass is 35.5. The smallest absolute Gasteiger partial charge is 0.280 e. The summed E-state index contributed by atoms with van der Waals surface area (Å²) in [6.07, 6.45) is 0.971. The minimum atomic E-state index is -3.28. The van der Waals surface area contributed by atoms with Crippen LogP contribution in [0.5, 0.6) is 11.5 Å². The summed E-state index contributed by atoms with van der Waals surface area (Å²) in [4.78, 5) is 28.1. The molecule has 0 aromatic heterocycles. The molecule has 1 saturated heterocycles. The lowest BCUT2D eigenvalue weighted by atomic mass is 9.74. The van der Waals surface area contributed by atoms with Crippen LogP contribution < -0.4 is 9.47 Å². The zero-order valence-corrected chi connectivity index (χ0v) is 23.2. The second-order valence-corrected chi connectivity index (χ2v) is 11.1. The fourth-order valence-corrected chi connectivity index (χ4v) is 5.68. The van der Waals surface area contributed by atoms with Gasteiger partial charge in [-0.15, -0.1) is 0 Å². The zero-order chi connectivity index (χ0) is 28.3. The number of benzene rings is 2. The quantitative estimate of drug-likeness (QED) is 0.464. The summed E-state index contributed by atoms with van der Waals surface area (Å²) in [5, 5.41) is 11.2. The van der Waals surface area contributed by atoms with E-state index in [9.17, 15) is 23.5 Å². The Balaban J connectivity index is 1.25. The number of halogens is 3. The molecule has 1 aliphatic carbocycles. The van der Waals surface area contributed by atoms with Crippen molar-refractivity contribution in [2.45, 2.75) is 50.2 Å². The topological polar surface area (TPSA) is 79.3 Å². The summed E-state index contributed by atoms with van der Waals surface area (Å²) >= 11 is 6.28. The minimum Gasteiger partial charge on any atom is -0.497 e. The average Bonchev–Trinajstić information content (AvgIpc) is 2.91. The van der Waals surface area contributed by atoms with Crippen molar-refractivity contribution in [3.8, 4) is 11.5 Å². The summed E-state index contributed by atoms with van der Waals surface area (Å²) in [5.41, 5.74) is -2.66. The molecule has 0 unspecified atom stereocenters. The molecule has 2 amide bonds. The number of ether oxygens (including phenoxy) is 2. The molecule has 212 valence electrons. The third kappa shape index (κ3) is 6.30. The third-order valence-electron chi connectivity index (χ3n) is 7.79. The van der Waals surface area contributed by atoms with Crippen molar-refractivity contribution in [3.63, 3.8) is 0 Å². The highest BCUT2D eigenvalue weighted by molar-refractivity contribution is 6.34. The Morgan fingerprint density at radius 3 is 2.38 bits per heavy atom. The lowest BCUT2D eigenvalue weighted by Crippen LogP contribution is -2.53. The number of amides is 2. The van der Waals surface area contributed by atoms with E-state index in [1.54, 1.807) is 38.4 Å². The lowest BCUT2D eigenvalue weighted by molar-refractivity contribution is -0.173. The van der Waals surface area contributed by atoms with Gasteiger partial charge in [0.15, 0.2) is 0 Å². The van der Waals surface area contributed by atoms with Crippen LogP contribution in [0.15, 0.2) is 42.5 Å². The number of likely N-dealkylation sites (tertiary alicyclic amines) is 1. The molecule has 1 heterocycles. The van der Waals surface area contributed by atoms with Crippen molar-refractivity contribution in [1.82, 2.24) is 9.80 Å². The first-order valence-electron chi connectivity index (χ1n) is 13.1. The Morgan fingerprint density at radius 2 is 1.79 bits per heavy atom. The Kier molecular flexibility index (Phi) is 9.01. The Bertz CT molecular complexity index is 1180. The number of carbonyl (C=O) groups is 2. The van der Waals surface area contributed by atoms with E-state index in [4.69, 9.17) is 21.1 Å². The van der Waals surface area contributed by atoms with Crippen LogP contribution in [-0.2, 0) is 10.4 Å². The number of nitrogens with zero attached hydrogens (tertiary/aromatic N) is 2. The number of methoxy groups -OCH3 is 1. The molecule has 10 heteroatoms. The van der Waals surface area contributed by atoms with Gasteiger partial charge < -0.3 is 24.4 Å². The second kappa shape index (κ2) is 12.1. The van der Waals surface area contributed by atoms with E-state index in [-0.39, 0.29) is 17.6 Å². The Morgan fingerprint density at radius 1 is 1.10 bits per heavy atom. The highest BCUT2D eigenvalue weighted by Gasteiger charge is 2.50. The minimum absolute atomic E-state index is 0.0760. The summed E-state index contributed by atoms with van der Waals surface area (Å²) < 4.78 is 39.2. The van der Waals surface area contributed by atoms with Crippen molar-refractivity contribution < 1.29 is 33.0 Å². The maximum absolute atomic E-state index is 14.0. The van der Waals surface area contributed by atoms with E-state index < -0.39 is 17.9 Å². The van der Waals surface area contributed by atoms with Crippen LogP contribution in [0.2, 0.25) is 5.02 Å². The number of piperidine rings is 1. The fraction of sp³-hybridized carbons (Fsp3) is 0.517. The predicted molar refractivity (Wildman–Crippen MR) is 143 cm³/mol. The van der Waals surface area contributed by atoms with Gasteiger partial charge >= 0.3 is 0 Å². The molecular formula is C29H35ClF2N2O5. The molecule has 0 spiro atoms. The van der Waals surface area contributed by atoms with Crippen LogP contribution in [0.25, 0.3) is 0 Å². The molecule has 2 aromatic carbocycles. The van der Waals surface area contributed by atoms with E-state index in [0.717, 1.165) is 19.3 Å². The number of hydrogen-bond donors (Lipinski definition) is 1. The molecule has 2 aromatic rings. The SMILES string of the molecule is COc1cccc([C@@](O)(C(=O)N2CCC(CC3CC(Oc4ccc(C(=O)N(C)C)c(Cl)c4)C3)CC2)C(F)F)c1. The summed E-state index contributed by atoms with van der Waals surface area (Å²) in [6.45, 7) is 0.650. The summed E-state index contributed by atoms with van der Waals surface area (Å²) in [7, 11) is 4.74. The number of rotatable bonds is 9. The van der Waals surface area contributed by atoms with Crippen LogP contribution in [-0.4, -0.2) is 73.5 Å². The number of carbonyl (C=O) groups excluding carboxylic acids is 2. The van der Waals surface area contributed by atoms with E-state index in [1.165, 1.54) is 35.1 Å². The number of alkyl halides is 2. The molecule has 0 radical (unpaired) electrons. The van der Waals surface area contributed by atoms with E-state index >= 15 is 0 Å². The van der Waals surface area contributed by atoms with Gasteiger partial charge in [-0.2, -0.15) is 0 Å². The predicted octanol–water partition coefficient (Wildman–Crippen LogP) is 4.99. The molecular weight excluding hydrogens is 530 g/mol. The van der Waals surface area contributed by atoms with Crippen molar-refractivity contribution in [2.24, 2.45) is 11.8 Å². The standard InChI is InChI=1S/C29H35ClF2N2O5/c1-33(2)26(35)24-8-7-22(17-25(24)30)39-23-14-19(15-23)13-18-9-11-34(12-10-18)28(36)29(37,27(31)32)20-5-4-6-21(16-20)38-3/h4-8,16-19,23,27,37H,9-15H2,1-3H3/t19?,23?,29-/m0/s1. The van der Waals surface area contributed by atoms with E-state index in [1.807, 2.05) is 0 Å². The lowest BCUT2D eigenvalue weighted by Gasteiger charge is -2.41. The van der Waals surface area contributed by atoms with Gasteiger partial charge in [-0.05, 0) is 74.3 Å². The molecule has 1 atom stereocenters. The summed E-state index contributed by atoms with van der Waals surface area (Å²) in [5.74, 6) is 0.651. The molecule has 1 aliphatic heterocycles. The van der Waals surface area contributed by atoms with Gasteiger partial charge in [0.05, 0.1) is 23.8 Å². The first kappa shape index (κ1) is 29.1. The third-order valence-corrected chi connectivity index (χ3v) is 8.11. The first-order valence-corrected chi connectivity index (χ1v) is 13.5. The molecule has 39 heavy (non-hydrogen) atoms. The second-order valence-electron chi connectivity index (χ2n) is 10.7. The van der Waals surface area contributed by atoms with Gasteiger partial charge in [0, 0.05) is 32.7 Å². The van der Waals surface area contributed by atoms with Crippen LogP contribution in [0.4, 0.5) is 8.78 Å². The monoisotopic (exact) mass is 564 g/mol. The van der Waals surface area contributed by atoms with Crippen molar-refractivity contribution >= 4 is 23.4 Å². The maximum atomic E-state index is 14.0. The molecule has 2 aliphatic rings.